The van der Waals surface area contributed by atoms with Gasteiger partial charge in [0, 0.05) is 0 Å². The van der Waals surface area contributed by atoms with Gasteiger partial charge in [-0.25, -0.2) is 0 Å². The van der Waals surface area contributed by atoms with Crippen molar-refractivity contribution in [1.29, 1.82) is 0 Å². The Morgan fingerprint density at radius 3 is 1.59 bits per heavy atom. The highest BCUT2D eigenvalue weighted by atomic mass is 32.2. The second-order valence-corrected chi connectivity index (χ2v) is 5.48. The molecule has 5 nitrogen and oxygen atoms in total. The van der Waals surface area contributed by atoms with Gasteiger partial charge in [0.2, 0.25) is 0 Å². The molecule has 0 spiro atoms. The Morgan fingerprint density at radius 1 is 1.00 bits per heavy atom. The number of nitrogens with one attached hydrogen (secondary N) is 1. The highest BCUT2D eigenvalue weighted by molar-refractivity contribution is 7.98. The lowest BCUT2D eigenvalue weighted by Crippen LogP contribution is -2.47. The minimum Gasteiger partial charge on any atom is -0.480 e. The van der Waals surface area contributed by atoms with Gasteiger partial charge in [-0.2, -0.15) is 23.5 Å². The van der Waals surface area contributed by atoms with Gasteiger partial charge in [0.1, 0.15) is 12.1 Å². The van der Waals surface area contributed by atoms with Crippen LogP contribution in [-0.4, -0.2) is 58.3 Å². The molecule has 7 heteroatoms. The van der Waals surface area contributed by atoms with Gasteiger partial charge in [-0.05, 0) is 36.9 Å². The van der Waals surface area contributed by atoms with Crippen LogP contribution < -0.4 is 5.32 Å². The average Bonchev–Trinajstić information content (AvgIpc) is 2.27. The molecule has 0 aromatic rings. The third-order valence-electron chi connectivity index (χ3n) is 2.22. The Bertz CT molecular complexity index is 226. The monoisotopic (exact) mass is 281 g/mol. The topological polar surface area (TPSA) is 86.6 Å². The van der Waals surface area contributed by atoms with Gasteiger partial charge in [0.15, 0.2) is 0 Å². The van der Waals surface area contributed by atoms with E-state index in [0.717, 1.165) is 0 Å². The van der Waals surface area contributed by atoms with E-state index in [9.17, 15) is 9.59 Å². The smallest absolute Gasteiger partial charge is 0.320 e. The van der Waals surface area contributed by atoms with E-state index in [1.54, 1.807) is 23.5 Å². The van der Waals surface area contributed by atoms with E-state index < -0.39 is 24.0 Å². The molecule has 17 heavy (non-hydrogen) atoms. The number of rotatable bonds is 10. The molecule has 0 saturated heterocycles. The Morgan fingerprint density at radius 2 is 1.35 bits per heavy atom. The lowest BCUT2D eigenvalue weighted by Gasteiger charge is -2.19. The first-order valence-electron chi connectivity index (χ1n) is 5.22. The quantitative estimate of drug-likeness (QED) is 0.550. The largest absolute Gasteiger partial charge is 0.480 e. The average molecular weight is 281 g/mol. The van der Waals surface area contributed by atoms with Gasteiger partial charge in [0.05, 0.1) is 0 Å². The van der Waals surface area contributed by atoms with Crippen molar-refractivity contribution in [2.45, 2.75) is 24.9 Å². The van der Waals surface area contributed by atoms with E-state index in [0.29, 0.717) is 24.3 Å². The summed E-state index contributed by atoms with van der Waals surface area (Å²) in [6.07, 6.45) is 4.64. The molecule has 0 aromatic heterocycles. The van der Waals surface area contributed by atoms with Crippen molar-refractivity contribution >= 4 is 35.5 Å². The zero-order chi connectivity index (χ0) is 13.3. The van der Waals surface area contributed by atoms with Crippen LogP contribution in [0.5, 0.6) is 0 Å². The van der Waals surface area contributed by atoms with Crippen LogP contribution in [0.2, 0.25) is 0 Å². The Balaban J connectivity index is 4.34. The number of thioether (sulfide) groups is 2. The predicted octanol–water partition coefficient (Wildman–Crippen LogP) is 0.989. The van der Waals surface area contributed by atoms with Crippen LogP contribution in [-0.2, 0) is 9.59 Å². The fourth-order valence-corrected chi connectivity index (χ4v) is 2.21. The van der Waals surface area contributed by atoms with Gasteiger partial charge in [-0.15, -0.1) is 0 Å². The molecule has 2 unspecified atom stereocenters. The summed E-state index contributed by atoms with van der Waals surface area (Å²) in [4.78, 5) is 21.9. The van der Waals surface area contributed by atoms with Crippen molar-refractivity contribution in [3.05, 3.63) is 0 Å². The van der Waals surface area contributed by atoms with Crippen molar-refractivity contribution in [3.63, 3.8) is 0 Å². The van der Waals surface area contributed by atoms with Gasteiger partial charge in [-0.3, -0.25) is 14.9 Å². The molecule has 2 atom stereocenters. The molecule has 0 amide bonds. The van der Waals surface area contributed by atoms with Gasteiger partial charge in [-0.1, -0.05) is 0 Å². The summed E-state index contributed by atoms with van der Waals surface area (Å²) in [5.74, 6) is -0.596. The van der Waals surface area contributed by atoms with Crippen LogP contribution in [0.1, 0.15) is 12.8 Å². The van der Waals surface area contributed by atoms with Crippen molar-refractivity contribution in [1.82, 2.24) is 5.32 Å². The van der Waals surface area contributed by atoms with Crippen molar-refractivity contribution in [2.24, 2.45) is 0 Å². The standard InChI is InChI=1S/C10H19NO4S2/c1-16-5-3-7(9(12)13)11-8(10(14)15)4-6-17-2/h7-8,11H,3-6H2,1-2H3,(H,12,13)(H,14,15). The van der Waals surface area contributed by atoms with Gasteiger partial charge < -0.3 is 10.2 Å². The number of carbonyl (C=O) groups is 2. The van der Waals surface area contributed by atoms with Crippen LogP contribution in [0.15, 0.2) is 0 Å². The van der Waals surface area contributed by atoms with E-state index in [1.165, 1.54) is 0 Å². The van der Waals surface area contributed by atoms with Crippen molar-refractivity contribution in [3.8, 4) is 0 Å². The third kappa shape index (κ3) is 7.51. The van der Waals surface area contributed by atoms with Crippen LogP contribution in [0.25, 0.3) is 0 Å². The summed E-state index contributed by atoms with van der Waals surface area (Å²) in [6.45, 7) is 0. The third-order valence-corrected chi connectivity index (χ3v) is 3.51. The number of hydrogen-bond donors (Lipinski definition) is 3. The molecule has 0 aliphatic carbocycles. The molecular formula is C10H19NO4S2. The molecule has 0 heterocycles. The molecular weight excluding hydrogens is 262 g/mol. The number of hydrogen-bond acceptors (Lipinski definition) is 5. The lowest BCUT2D eigenvalue weighted by molar-refractivity contribution is -0.142. The molecule has 0 aromatic carbocycles. The molecule has 0 radical (unpaired) electrons. The Kier molecular flexibility index (Phi) is 9.39. The first-order chi connectivity index (χ1) is 8.02. The van der Waals surface area contributed by atoms with E-state index >= 15 is 0 Å². The van der Waals surface area contributed by atoms with E-state index in [-0.39, 0.29) is 0 Å². The van der Waals surface area contributed by atoms with Gasteiger partial charge >= 0.3 is 11.9 Å². The molecule has 0 rings (SSSR count). The summed E-state index contributed by atoms with van der Waals surface area (Å²) >= 11 is 3.09. The maximum atomic E-state index is 11.0. The van der Waals surface area contributed by atoms with E-state index in [2.05, 4.69) is 5.32 Å². The second kappa shape index (κ2) is 9.61. The zero-order valence-corrected chi connectivity index (χ0v) is 11.6. The summed E-state index contributed by atoms with van der Waals surface area (Å²) in [7, 11) is 0. The highest BCUT2D eigenvalue weighted by Crippen LogP contribution is 2.06. The van der Waals surface area contributed by atoms with Crippen molar-refractivity contribution in [2.75, 3.05) is 24.0 Å². The molecule has 3 N–H and O–H groups in total. The molecule has 0 aliphatic rings. The molecule has 0 aliphatic heterocycles. The number of carboxylic acids is 2. The number of aliphatic carboxylic acids is 2. The Labute approximate surface area is 110 Å². The lowest BCUT2D eigenvalue weighted by atomic mass is 10.1. The minimum atomic E-state index is -0.991. The maximum Gasteiger partial charge on any atom is 0.320 e. The molecule has 100 valence electrons. The first kappa shape index (κ1) is 16.6. The van der Waals surface area contributed by atoms with Crippen LogP contribution in [0.3, 0.4) is 0 Å². The molecule has 0 bridgehead atoms. The van der Waals surface area contributed by atoms with Crippen LogP contribution >= 0.6 is 23.5 Å². The number of carboxylic acid groups (broad SMARTS) is 2. The summed E-state index contributed by atoms with van der Waals surface area (Å²) < 4.78 is 0. The van der Waals surface area contributed by atoms with E-state index in [1.807, 2.05) is 12.5 Å². The minimum absolute atomic E-state index is 0.430. The summed E-state index contributed by atoms with van der Waals surface area (Å²) in [5.41, 5.74) is 0. The Hall–Kier alpha value is -0.400. The molecule has 0 fully saturated rings. The highest BCUT2D eigenvalue weighted by Gasteiger charge is 2.25. The van der Waals surface area contributed by atoms with Crippen LogP contribution in [0, 0.1) is 0 Å². The van der Waals surface area contributed by atoms with E-state index in [4.69, 9.17) is 10.2 Å². The fourth-order valence-electron chi connectivity index (χ4n) is 1.27. The summed E-state index contributed by atoms with van der Waals surface area (Å²) in [6, 6.07) is -1.57. The summed E-state index contributed by atoms with van der Waals surface area (Å²) in [5, 5.41) is 20.7. The zero-order valence-electron chi connectivity index (χ0n) is 10.0. The van der Waals surface area contributed by atoms with Gasteiger partial charge in [0.25, 0.3) is 0 Å². The first-order valence-corrected chi connectivity index (χ1v) is 8.01. The van der Waals surface area contributed by atoms with Crippen LogP contribution in [0.4, 0.5) is 0 Å². The fraction of sp³-hybridized carbons (Fsp3) is 0.800. The van der Waals surface area contributed by atoms with Crippen molar-refractivity contribution < 1.29 is 19.8 Å². The molecule has 0 saturated carbocycles. The predicted molar refractivity (Wildman–Crippen MR) is 72.0 cm³/mol. The second-order valence-electron chi connectivity index (χ2n) is 3.51. The normalized spacial score (nSPS) is 14.2. The SMILES string of the molecule is CSCCC(NC(CCSC)C(=O)O)C(=O)O. The maximum absolute atomic E-state index is 11.0.